The average Bonchev–Trinajstić information content (AvgIpc) is 2.93. The van der Waals surface area contributed by atoms with E-state index in [2.05, 4.69) is 22.0 Å². The second-order valence-electron chi connectivity index (χ2n) is 5.29. The number of pyridine rings is 1. The van der Waals surface area contributed by atoms with Crippen molar-refractivity contribution in [1.29, 1.82) is 0 Å². The Bertz CT molecular complexity index is 522. The van der Waals surface area contributed by atoms with Gasteiger partial charge in [0.05, 0.1) is 5.02 Å². The number of likely N-dealkylation sites (tertiary alicyclic amines) is 1. The molecule has 0 aliphatic carbocycles. The smallest absolute Gasteiger partial charge is 0.171 e. The van der Waals surface area contributed by atoms with Gasteiger partial charge in [-0.3, -0.25) is 4.90 Å². The zero-order valence-electron chi connectivity index (χ0n) is 12.5. The molecule has 0 bridgehead atoms. The van der Waals surface area contributed by atoms with E-state index in [0.717, 1.165) is 19.6 Å². The number of hydrogen-bond donors (Lipinski definition) is 2. The van der Waals surface area contributed by atoms with Gasteiger partial charge in [-0.1, -0.05) is 23.7 Å². The van der Waals surface area contributed by atoms with E-state index < -0.39 is 0 Å². The Balaban J connectivity index is 2.18. The zero-order valence-corrected chi connectivity index (χ0v) is 13.2. The molecule has 1 atom stereocenters. The number of halogens is 1. The van der Waals surface area contributed by atoms with Crippen molar-refractivity contribution in [3.05, 3.63) is 22.8 Å². The molecule has 1 aliphatic rings. The minimum absolute atomic E-state index is 0.00639. The summed E-state index contributed by atoms with van der Waals surface area (Å²) in [5.74, 6) is 0.650. The summed E-state index contributed by atoms with van der Waals surface area (Å²) in [6.45, 7) is 5.26. The van der Waals surface area contributed by atoms with Crippen LogP contribution in [0, 0.1) is 0 Å². The molecule has 1 fully saturated rings. The van der Waals surface area contributed by atoms with E-state index in [4.69, 9.17) is 22.5 Å². The van der Waals surface area contributed by atoms with Crippen LogP contribution in [0.5, 0.6) is 0 Å². The summed E-state index contributed by atoms with van der Waals surface area (Å²) in [6.07, 6.45) is 4.05. The van der Waals surface area contributed by atoms with Crippen LogP contribution in [0.3, 0.4) is 0 Å². The van der Waals surface area contributed by atoms with Gasteiger partial charge in [-0.25, -0.2) is 4.98 Å². The zero-order chi connectivity index (χ0) is 15.4. The molecule has 7 heteroatoms. The van der Waals surface area contributed by atoms with Crippen LogP contribution in [0.1, 0.15) is 25.3 Å². The van der Waals surface area contributed by atoms with Gasteiger partial charge in [-0.15, -0.1) is 0 Å². The van der Waals surface area contributed by atoms with Gasteiger partial charge >= 0.3 is 0 Å². The van der Waals surface area contributed by atoms with E-state index in [-0.39, 0.29) is 5.84 Å². The van der Waals surface area contributed by atoms with Gasteiger partial charge in [-0.2, -0.15) is 0 Å². The molecule has 0 radical (unpaired) electrons. The van der Waals surface area contributed by atoms with Gasteiger partial charge in [0.2, 0.25) is 0 Å². The summed E-state index contributed by atoms with van der Waals surface area (Å²) < 4.78 is 0. The normalized spacial score (nSPS) is 20.0. The van der Waals surface area contributed by atoms with Gasteiger partial charge in [0.25, 0.3) is 0 Å². The number of oxime groups is 1. The lowest BCUT2D eigenvalue weighted by Crippen LogP contribution is -2.39. The number of amidine groups is 1. The molecule has 21 heavy (non-hydrogen) atoms. The molecule has 1 aromatic rings. The first-order valence-electron chi connectivity index (χ1n) is 7.16. The fourth-order valence-corrected chi connectivity index (χ4v) is 3.22. The summed E-state index contributed by atoms with van der Waals surface area (Å²) in [5, 5.41) is 12.2. The van der Waals surface area contributed by atoms with Crippen LogP contribution >= 0.6 is 11.6 Å². The highest BCUT2D eigenvalue weighted by Gasteiger charge is 2.25. The Morgan fingerprint density at radius 2 is 2.43 bits per heavy atom. The average molecular weight is 312 g/mol. The van der Waals surface area contributed by atoms with Gasteiger partial charge in [0.15, 0.2) is 5.84 Å². The number of anilines is 1. The van der Waals surface area contributed by atoms with Crippen molar-refractivity contribution in [3.63, 3.8) is 0 Å². The topological polar surface area (TPSA) is 78.0 Å². The lowest BCUT2D eigenvalue weighted by molar-refractivity contribution is 0.270. The molecule has 1 aliphatic heterocycles. The highest BCUT2D eigenvalue weighted by molar-refractivity contribution is 6.36. The molecule has 3 N–H and O–H groups in total. The Morgan fingerprint density at radius 3 is 3.10 bits per heavy atom. The maximum Gasteiger partial charge on any atom is 0.171 e. The number of aromatic nitrogens is 1. The molecule has 0 spiro atoms. The SMILES string of the molecule is CCN1CCCC1CN(C)c1nccc(/C(N)=N/O)c1Cl. The van der Waals surface area contributed by atoms with E-state index in [0.29, 0.717) is 22.4 Å². The first-order valence-corrected chi connectivity index (χ1v) is 7.53. The monoisotopic (exact) mass is 311 g/mol. The van der Waals surface area contributed by atoms with Crippen molar-refractivity contribution < 1.29 is 5.21 Å². The Kier molecular flexibility index (Phi) is 5.25. The molecule has 1 aromatic heterocycles. The van der Waals surface area contributed by atoms with Crippen molar-refractivity contribution in [2.24, 2.45) is 10.9 Å². The van der Waals surface area contributed by atoms with Crippen molar-refractivity contribution in [2.45, 2.75) is 25.8 Å². The number of hydrogen-bond acceptors (Lipinski definition) is 5. The number of nitrogens with two attached hydrogens (primary N) is 1. The maximum absolute atomic E-state index is 8.80. The summed E-state index contributed by atoms with van der Waals surface area (Å²) in [5.41, 5.74) is 6.13. The molecule has 1 unspecified atom stereocenters. The Morgan fingerprint density at radius 1 is 1.67 bits per heavy atom. The van der Waals surface area contributed by atoms with Gasteiger partial charge in [0.1, 0.15) is 5.82 Å². The highest BCUT2D eigenvalue weighted by atomic mass is 35.5. The third-order valence-electron chi connectivity index (χ3n) is 4.01. The van der Waals surface area contributed by atoms with Gasteiger partial charge < -0.3 is 15.8 Å². The van der Waals surface area contributed by atoms with Crippen molar-refractivity contribution in [3.8, 4) is 0 Å². The quantitative estimate of drug-likeness (QED) is 0.375. The van der Waals surface area contributed by atoms with Crippen LogP contribution in [0.4, 0.5) is 5.82 Å². The molecule has 0 aromatic carbocycles. The van der Waals surface area contributed by atoms with Crippen LogP contribution in [0.25, 0.3) is 0 Å². The molecular formula is C14H22ClN5O. The first-order chi connectivity index (χ1) is 10.1. The van der Waals surface area contributed by atoms with Crippen LogP contribution in [0.15, 0.2) is 17.4 Å². The summed E-state index contributed by atoms with van der Waals surface area (Å²) in [7, 11) is 1.97. The molecule has 0 amide bonds. The summed E-state index contributed by atoms with van der Waals surface area (Å²) in [6, 6.07) is 2.16. The number of likely N-dealkylation sites (N-methyl/N-ethyl adjacent to an activating group) is 2. The van der Waals surface area contributed by atoms with Gasteiger partial charge in [-0.05, 0) is 32.0 Å². The third kappa shape index (κ3) is 3.39. The third-order valence-corrected chi connectivity index (χ3v) is 4.38. The van der Waals surface area contributed by atoms with E-state index >= 15 is 0 Å². The molecular weight excluding hydrogens is 290 g/mol. The fraction of sp³-hybridized carbons (Fsp3) is 0.571. The maximum atomic E-state index is 8.80. The first kappa shape index (κ1) is 15.9. The molecule has 6 nitrogen and oxygen atoms in total. The fourth-order valence-electron chi connectivity index (χ4n) is 2.87. The van der Waals surface area contributed by atoms with Crippen LogP contribution in [0.2, 0.25) is 5.02 Å². The van der Waals surface area contributed by atoms with Gasteiger partial charge in [0, 0.05) is 31.4 Å². The van der Waals surface area contributed by atoms with Crippen LogP contribution in [-0.2, 0) is 0 Å². The second-order valence-corrected chi connectivity index (χ2v) is 5.66. The summed E-state index contributed by atoms with van der Waals surface area (Å²) in [4.78, 5) is 8.84. The van der Waals surface area contributed by atoms with E-state index in [1.165, 1.54) is 12.8 Å². The number of nitrogens with zero attached hydrogens (tertiary/aromatic N) is 4. The molecule has 116 valence electrons. The minimum atomic E-state index is -0.00639. The van der Waals surface area contributed by atoms with Crippen molar-refractivity contribution >= 4 is 23.3 Å². The number of rotatable bonds is 5. The van der Waals surface area contributed by atoms with Crippen molar-refractivity contribution in [1.82, 2.24) is 9.88 Å². The van der Waals surface area contributed by atoms with Crippen molar-refractivity contribution in [2.75, 3.05) is 31.6 Å². The Labute approximate surface area is 130 Å². The standard InChI is InChI=1S/C14H22ClN5O/c1-3-20-8-4-5-10(20)9-19(2)14-12(15)11(6-7-17-14)13(16)18-21/h6-7,10,21H,3-5,8-9H2,1-2H3,(H2,16,18). The predicted octanol–water partition coefficient (Wildman–Crippen LogP) is 1.75. The Hall–Kier alpha value is -1.53. The second kappa shape index (κ2) is 6.95. The lowest BCUT2D eigenvalue weighted by Gasteiger charge is -2.29. The minimum Gasteiger partial charge on any atom is -0.409 e. The molecule has 1 saturated heterocycles. The van der Waals surface area contributed by atoms with E-state index in [1.54, 1.807) is 12.3 Å². The summed E-state index contributed by atoms with van der Waals surface area (Å²) >= 11 is 6.34. The van der Waals surface area contributed by atoms with Crippen LogP contribution in [-0.4, -0.2) is 53.7 Å². The molecule has 2 heterocycles. The van der Waals surface area contributed by atoms with E-state index in [1.807, 2.05) is 11.9 Å². The molecule has 2 rings (SSSR count). The van der Waals surface area contributed by atoms with Crippen LogP contribution < -0.4 is 10.6 Å². The van der Waals surface area contributed by atoms with E-state index in [9.17, 15) is 0 Å². The lowest BCUT2D eigenvalue weighted by atomic mass is 10.2. The predicted molar refractivity (Wildman–Crippen MR) is 85.3 cm³/mol. The molecule has 0 saturated carbocycles. The largest absolute Gasteiger partial charge is 0.409 e. The highest BCUT2D eigenvalue weighted by Crippen LogP contribution is 2.27.